The number of thioether (sulfide) groups is 1. The van der Waals surface area contributed by atoms with Gasteiger partial charge < -0.3 is 14.6 Å². The average Bonchev–Trinajstić information content (AvgIpc) is 3.25. The molecule has 0 saturated carbocycles. The van der Waals surface area contributed by atoms with Gasteiger partial charge in [0, 0.05) is 29.6 Å². The predicted molar refractivity (Wildman–Crippen MR) is 104 cm³/mol. The van der Waals surface area contributed by atoms with Crippen LogP contribution in [0.1, 0.15) is 17.3 Å². The highest BCUT2D eigenvalue weighted by Crippen LogP contribution is 2.32. The number of aromatic nitrogens is 2. The number of para-hydroxylation sites is 1. The molecule has 1 aromatic heterocycles. The minimum absolute atomic E-state index is 0.151. The first-order valence-corrected chi connectivity index (χ1v) is 9.57. The van der Waals surface area contributed by atoms with Gasteiger partial charge in [-0.25, -0.2) is 4.98 Å². The van der Waals surface area contributed by atoms with Gasteiger partial charge in [-0.3, -0.25) is 4.79 Å². The quantitative estimate of drug-likeness (QED) is 0.732. The lowest BCUT2D eigenvalue weighted by atomic mass is 10.1. The molecule has 5 nitrogen and oxygen atoms in total. The molecule has 0 saturated heterocycles. The molecule has 6 heteroatoms. The summed E-state index contributed by atoms with van der Waals surface area (Å²) in [5, 5.41) is 4.04. The maximum atomic E-state index is 12.6. The van der Waals surface area contributed by atoms with E-state index in [1.165, 1.54) is 0 Å². The molecular weight excluding hydrogens is 346 g/mol. The maximum Gasteiger partial charge on any atom is 0.255 e. The Morgan fingerprint density at radius 1 is 1.23 bits per heavy atom. The van der Waals surface area contributed by atoms with Gasteiger partial charge in [0.1, 0.15) is 5.75 Å². The SMILES string of the molecule is CCOc1ccc(C(=O)Nc2ccccc2-c2cn3c(n2)SCC3)cc1. The molecular formula is C20H19N3O2S. The first-order valence-electron chi connectivity index (χ1n) is 8.58. The summed E-state index contributed by atoms with van der Waals surface area (Å²) in [6.07, 6.45) is 2.05. The van der Waals surface area contributed by atoms with Crippen LogP contribution in [0.4, 0.5) is 5.69 Å². The Bertz CT molecular complexity index is 913. The minimum atomic E-state index is -0.151. The number of rotatable bonds is 5. The van der Waals surface area contributed by atoms with Gasteiger partial charge in [-0.1, -0.05) is 30.0 Å². The van der Waals surface area contributed by atoms with Crippen molar-refractivity contribution < 1.29 is 9.53 Å². The van der Waals surface area contributed by atoms with Gasteiger partial charge >= 0.3 is 0 Å². The number of amides is 1. The number of nitrogens with zero attached hydrogens (tertiary/aromatic N) is 2. The Balaban J connectivity index is 1.57. The standard InChI is InChI=1S/C20H19N3O2S/c1-2-25-15-9-7-14(8-10-15)19(24)21-17-6-4-3-5-16(17)18-13-23-11-12-26-20(23)22-18/h3-10,13H,2,11-12H2,1H3,(H,21,24). The lowest BCUT2D eigenvalue weighted by molar-refractivity contribution is 0.102. The third-order valence-corrected chi connectivity index (χ3v) is 5.15. The van der Waals surface area contributed by atoms with E-state index in [9.17, 15) is 4.79 Å². The molecule has 0 fully saturated rings. The van der Waals surface area contributed by atoms with E-state index in [0.717, 1.165) is 40.1 Å². The van der Waals surface area contributed by atoms with Crippen molar-refractivity contribution in [2.45, 2.75) is 18.6 Å². The number of fused-ring (bicyclic) bond motifs is 1. The second kappa shape index (κ2) is 7.25. The van der Waals surface area contributed by atoms with Gasteiger partial charge in [-0.05, 0) is 37.3 Å². The van der Waals surface area contributed by atoms with E-state index in [4.69, 9.17) is 9.72 Å². The highest BCUT2D eigenvalue weighted by molar-refractivity contribution is 7.99. The number of aryl methyl sites for hydroxylation is 1. The third-order valence-electron chi connectivity index (χ3n) is 4.18. The normalized spacial score (nSPS) is 12.7. The number of ether oxygens (including phenoxy) is 1. The number of hydrogen-bond acceptors (Lipinski definition) is 4. The van der Waals surface area contributed by atoms with E-state index in [1.54, 1.807) is 23.9 Å². The predicted octanol–water partition coefficient (Wildman–Crippen LogP) is 4.31. The van der Waals surface area contributed by atoms with Gasteiger partial charge in [0.05, 0.1) is 18.0 Å². The number of carbonyl (C=O) groups is 1. The molecule has 0 bridgehead atoms. The Labute approximate surface area is 156 Å². The van der Waals surface area contributed by atoms with Crippen molar-refractivity contribution in [3.8, 4) is 17.0 Å². The molecule has 1 aliphatic rings. The molecule has 26 heavy (non-hydrogen) atoms. The first kappa shape index (κ1) is 16.7. The van der Waals surface area contributed by atoms with Crippen LogP contribution in [0.3, 0.4) is 0 Å². The Kier molecular flexibility index (Phi) is 4.67. The zero-order valence-corrected chi connectivity index (χ0v) is 15.3. The number of nitrogens with one attached hydrogen (secondary N) is 1. The van der Waals surface area contributed by atoms with Crippen LogP contribution in [0.25, 0.3) is 11.3 Å². The summed E-state index contributed by atoms with van der Waals surface area (Å²) in [6.45, 7) is 3.52. The highest BCUT2D eigenvalue weighted by Gasteiger charge is 2.17. The van der Waals surface area contributed by atoms with E-state index in [1.807, 2.05) is 43.3 Å². The molecule has 1 amide bonds. The maximum absolute atomic E-state index is 12.6. The summed E-state index contributed by atoms with van der Waals surface area (Å²) in [4.78, 5) is 17.3. The zero-order valence-electron chi connectivity index (χ0n) is 14.4. The fraction of sp³-hybridized carbons (Fsp3) is 0.200. The van der Waals surface area contributed by atoms with Gasteiger partial charge in [0.25, 0.3) is 5.91 Å². The second-order valence-electron chi connectivity index (χ2n) is 5.91. The zero-order chi connectivity index (χ0) is 17.9. The summed E-state index contributed by atoms with van der Waals surface area (Å²) in [5.74, 6) is 1.68. The highest BCUT2D eigenvalue weighted by atomic mass is 32.2. The summed E-state index contributed by atoms with van der Waals surface area (Å²) >= 11 is 1.76. The van der Waals surface area contributed by atoms with Crippen molar-refractivity contribution >= 4 is 23.4 Å². The van der Waals surface area contributed by atoms with Crippen molar-refractivity contribution in [3.05, 3.63) is 60.3 Å². The molecule has 1 aliphatic heterocycles. The van der Waals surface area contributed by atoms with Crippen molar-refractivity contribution in [1.29, 1.82) is 0 Å². The van der Waals surface area contributed by atoms with Crippen LogP contribution in [-0.2, 0) is 6.54 Å². The number of benzene rings is 2. The van der Waals surface area contributed by atoms with Crippen molar-refractivity contribution in [3.63, 3.8) is 0 Å². The van der Waals surface area contributed by atoms with Gasteiger partial charge in [0.2, 0.25) is 0 Å². The van der Waals surface area contributed by atoms with Crippen molar-refractivity contribution in [1.82, 2.24) is 9.55 Å². The summed E-state index contributed by atoms with van der Waals surface area (Å²) in [7, 11) is 0. The largest absolute Gasteiger partial charge is 0.494 e. The van der Waals surface area contributed by atoms with Crippen LogP contribution < -0.4 is 10.1 Å². The molecule has 4 rings (SSSR count). The fourth-order valence-corrected chi connectivity index (χ4v) is 3.86. The molecule has 2 heterocycles. The molecule has 0 unspecified atom stereocenters. The van der Waals surface area contributed by atoms with Crippen LogP contribution in [0.5, 0.6) is 5.75 Å². The molecule has 0 atom stereocenters. The monoisotopic (exact) mass is 365 g/mol. The lowest BCUT2D eigenvalue weighted by Gasteiger charge is -2.10. The lowest BCUT2D eigenvalue weighted by Crippen LogP contribution is -2.12. The number of carbonyl (C=O) groups excluding carboxylic acids is 1. The summed E-state index contributed by atoms with van der Waals surface area (Å²) in [6, 6.07) is 14.9. The molecule has 0 radical (unpaired) electrons. The van der Waals surface area contributed by atoms with E-state index in [2.05, 4.69) is 16.1 Å². The second-order valence-corrected chi connectivity index (χ2v) is 6.97. The Morgan fingerprint density at radius 3 is 2.81 bits per heavy atom. The van der Waals surface area contributed by atoms with Gasteiger partial charge in [0.15, 0.2) is 5.16 Å². The van der Waals surface area contributed by atoms with E-state index in [-0.39, 0.29) is 5.91 Å². The number of hydrogen-bond donors (Lipinski definition) is 1. The minimum Gasteiger partial charge on any atom is -0.494 e. The number of anilines is 1. The van der Waals surface area contributed by atoms with Crippen molar-refractivity contribution in [2.75, 3.05) is 17.7 Å². The van der Waals surface area contributed by atoms with Crippen LogP contribution in [0, 0.1) is 0 Å². The van der Waals surface area contributed by atoms with Crippen LogP contribution in [-0.4, -0.2) is 27.8 Å². The fourth-order valence-electron chi connectivity index (χ4n) is 2.92. The van der Waals surface area contributed by atoms with Crippen molar-refractivity contribution in [2.24, 2.45) is 0 Å². The molecule has 132 valence electrons. The van der Waals surface area contributed by atoms with Gasteiger partial charge in [-0.2, -0.15) is 0 Å². The topological polar surface area (TPSA) is 56.1 Å². The third kappa shape index (κ3) is 3.32. The molecule has 3 aromatic rings. The van der Waals surface area contributed by atoms with E-state index >= 15 is 0 Å². The van der Waals surface area contributed by atoms with E-state index in [0.29, 0.717) is 12.2 Å². The van der Waals surface area contributed by atoms with Crippen LogP contribution in [0.15, 0.2) is 59.9 Å². The Morgan fingerprint density at radius 2 is 2.04 bits per heavy atom. The smallest absolute Gasteiger partial charge is 0.255 e. The van der Waals surface area contributed by atoms with Gasteiger partial charge in [-0.15, -0.1) is 0 Å². The molecule has 0 spiro atoms. The summed E-state index contributed by atoms with van der Waals surface area (Å²) < 4.78 is 7.58. The first-order chi connectivity index (χ1) is 12.7. The summed E-state index contributed by atoms with van der Waals surface area (Å²) in [5.41, 5.74) is 3.16. The Hall–Kier alpha value is -2.73. The van der Waals surface area contributed by atoms with Crippen LogP contribution in [0.2, 0.25) is 0 Å². The molecule has 2 aromatic carbocycles. The number of imidazole rings is 1. The average molecular weight is 365 g/mol. The molecule has 1 N–H and O–H groups in total. The van der Waals surface area contributed by atoms with E-state index < -0.39 is 0 Å². The van der Waals surface area contributed by atoms with Crippen LogP contribution >= 0.6 is 11.8 Å². The molecule has 0 aliphatic carbocycles.